The fourth-order valence-corrected chi connectivity index (χ4v) is 6.58. The molecule has 1 N–H and O–H groups in total. The number of ether oxygens (including phenoxy) is 3. The van der Waals surface area contributed by atoms with Crippen molar-refractivity contribution in [3.05, 3.63) is 100 Å². The first-order valence-electron chi connectivity index (χ1n) is 12.9. The van der Waals surface area contributed by atoms with Gasteiger partial charge in [-0.15, -0.1) is 10.2 Å². The van der Waals surface area contributed by atoms with Crippen LogP contribution in [0.2, 0.25) is 0 Å². The summed E-state index contributed by atoms with van der Waals surface area (Å²) in [6, 6.07) is 16.1. The molecular weight excluding hydrogens is 597 g/mol. The zero-order chi connectivity index (χ0) is 30.1. The zero-order valence-electron chi connectivity index (χ0n) is 22.5. The number of aliphatic hydroxyl groups excluding tert-OH is 1. The van der Waals surface area contributed by atoms with Crippen LogP contribution in [-0.2, 0) is 20.1 Å². The van der Waals surface area contributed by atoms with Crippen LogP contribution in [0.5, 0.6) is 11.5 Å². The van der Waals surface area contributed by atoms with Crippen LogP contribution in [0.25, 0.3) is 5.76 Å². The number of fused-ring (bicyclic) bond motifs is 1. The SMILES string of the molecule is COC(=O)c1ccc(C2C(=C(O)c3ccc4c(c3)OCCO4)C(=O)C(=O)N2c2nnc(SCc3ccccc3F)s2)cc1. The van der Waals surface area contributed by atoms with Crippen molar-refractivity contribution >= 4 is 51.6 Å². The third-order valence-corrected chi connectivity index (χ3v) is 8.92. The molecule has 2 aliphatic heterocycles. The highest BCUT2D eigenvalue weighted by atomic mass is 32.2. The van der Waals surface area contributed by atoms with Gasteiger partial charge in [-0.3, -0.25) is 14.5 Å². The number of carbonyl (C=O) groups is 3. The van der Waals surface area contributed by atoms with E-state index >= 15 is 0 Å². The number of methoxy groups -OCH3 is 1. The maximum absolute atomic E-state index is 14.1. The van der Waals surface area contributed by atoms with Gasteiger partial charge in [-0.25, -0.2) is 9.18 Å². The van der Waals surface area contributed by atoms with Crippen molar-refractivity contribution in [1.82, 2.24) is 10.2 Å². The van der Waals surface area contributed by atoms with Crippen molar-refractivity contribution in [2.45, 2.75) is 16.1 Å². The minimum absolute atomic E-state index is 0.112. The fraction of sp³-hybridized carbons (Fsp3) is 0.167. The number of esters is 1. The average molecular weight is 620 g/mol. The van der Waals surface area contributed by atoms with Crippen LogP contribution in [0.1, 0.15) is 33.1 Å². The monoisotopic (exact) mass is 619 g/mol. The second-order valence-corrected chi connectivity index (χ2v) is 11.6. The first-order chi connectivity index (χ1) is 20.9. The first kappa shape index (κ1) is 28.4. The summed E-state index contributed by atoms with van der Waals surface area (Å²) in [6.07, 6.45) is 0. The van der Waals surface area contributed by atoms with Crippen molar-refractivity contribution in [3.63, 3.8) is 0 Å². The largest absolute Gasteiger partial charge is 0.507 e. The molecule has 218 valence electrons. The Morgan fingerprint density at radius 3 is 2.51 bits per heavy atom. The van der Waals surface area contributed by atoms with Crippen LogP contribution in [0.4, 0.5) is 9.52 Å². The van der Waals surface area contributed by atoms with E-state index in [1.807, 2.05) is 0 Å². The lowest BCUT2D eigenvalue weighted by Gasteiger charge is -2.23. The number of aromatic nitrogens is 2. The average Bonchev–Trinajstić information content (AvgIpc) is 3.61. The minimum Gasteiger partial charge on any atom is -0.507 e. The van der Waals surface area contributed by atoms with Gasteiger partial charge in [0.1, 0.15) is 24.8 Å². The predicted molar refractivity (Wildman–Crippen MR) is 156 cm³/mol. The number of benzene rings is 3. The van der Waals surface area contributed by atoms with E-state index in [0.29, 0.717) is 40.2 Å². The number of hydrogen-bond acceptors (Lipinski definition) is 11. The van der Waals surface area contributed by atoms with E-state index in [2.05, 4.69) is 10.2 Å². The maximum atomic E-state index is 14.1. The molecular formula is C30H22FN3O7S2. The van der Waals surface area contributed by atoms with E-state index in [9.17, 15) is 23.9 Å². The highest BCUT2D eigenvalue weighted by Gasteiger charge is 2.48. The molecule has 1 unspecified atom stereocenters. The van der Waals surface area contributed by atoms with Crippen molar-refractivity contribution in [2.24, 2.45) is 0 Å². The Balaban J connectivity index is 1.40. The number of Topliss-reactive ketones (excluding diaryl/α,β-unsaturated/α-hetero) is 1. The predicted octanol–water partition coefficient (Wildman–Crippen LogP) is 5.15. The number of rotatable bonds is 7. The topological polar surface area (TPSA) is 128 Å². The molecule has 0 spiro atoms. The van der Waals surface area contributed by atoms with Gasteiger partial charge in [-0.1, -0.05) is 53.4 Å². The number of hydrogen-bond donors (Lipinski definition) is 1. The molecule has 1 fully saturated rings. The quantitative estimate of drug-likeness (QED) is 0.0741. The van der Waals surface area contributed by atoms with Crippen molar-refractivity contribution < 1.29 is 38.1 Å². The Morgan fingerprint density at radius 2 is 1.77 bits per heavy atom. The van der Waals surface area contributed by atoms with Crippen molar-refractivity contribution in [3.8, 4) is 11.5 Å². The number of thioether (sulfide) groups is 1. The Labute approximate surface area is 252 Å². The number of aliphatic hydroxyl groups is 1. The minimum atomic E-state index is -1.10. The number of halogens is 1. The molecule has 0 bridgehead atoms. The molecule has 1 amide bonds. The molecule has 0 aliphatic carbocycles. The third kappa shape index (κ3) is 5.44. The summed E-state index contributed by atoms with van der Waals surface area (Å²) >= 11 is 2.29. The lowest BCUT2D eigenvalue weighted by Crippen LogP contribution is -2.29. The van der Waals surface area contributed by atoms with Gasteiger partial charge in [0, 0.05) is 11.3 Å². The van der Waals surface area contributed by atoms with Gasteiger partial charge in [-0.2, -0.15) is 0 Å². The van der Waals surface area contributed by atoms with Crippen LogP contribution in [0.15, 0.2) is 76.6 Å². The van der Waals surface area contributed by atoms with Crippen LogP contribution in [0, 0.1) is 5.82 Å². The van der Waals surface area contributed by atoms with Crippen molar-refractivity contribution in [2.75, 3.05) is 25.2 Å². The fourth-order valence-electron chi connectivity index (χ4n) is 4.72. The smallest absolute Gasteiger partial charge is 0.337 e. The lowest BCUT2D eigenvalue weighted by atomic mass is 9.94. The molecule has 0 saturated carbocycles. The van der Waals surface area contributed by atoms with Gasteiger partial charge in [-0.05, 0) is 47.5 Å². The molecule has 4 aromatic rings. The summed E-state index contributed by atoms with van der Waals surface area (Å²) in [6.45, 7) is 0.704. The number of carbonyl (C=O) groups excluding carboxylic acids is 3. The van der Waals surface area contributed by atoms with E-state index in [1.54, 1.807) is 42.5 Å². The Kier molecular flexibility index (Phi) is 7.82. The molecule has 13 heteroatoms. The summed E-state index contributed by atoms with van der Waals surface area (Å²) < 4.78 is 30.5. The number of nitrogens with zero attached hydrogens (tertiary/aromatic N) is 3. The molecule has 0 radical (unpaired) electrons. The van der Waals surface area contributed by atoms with E-state index in [0.717, 1.165) is 11.3 Å². The molecule has 1 aromatic heterocycles. The van der Waals surface area contributed by atoms with E-state index < -0.39 is 29.5 Å². The summed E-state index contributed by atoms with van der Waals surface area (Å²) in [5.41, 5.74) is 1.24. The summed E-state index contributed by atoms with van der Waals surface area (Å²) in [5, 5.41) is 19.9. The van der Waals surface area contributed by atoms with Crippen molar-refractivity contribution in [1.29, 1.82) is 0 Å². The van der Waals surface area contributed by atoms with Gasteiger partial charge in [0.05, 0.1) is 24.3 Å². The number of amides is 1. The first-order valence-corrected chi connectivity index (χ1v) is 14.7. The Bertz CT molecular complexity index is 1770. The highest BCUT2D eigenvalue weighted by Crippen LogP contribution is 2.45. The van der Waals surface area contributed by atoms with Gasteiger partial charge in [0.2, 0.25) is 5.13 Å². The van der Waals surface area contributed by atoms with Gasteiger partial charge >= 0.3 is 11.9 Å². The van der Waals surface area contributed by atoms with Crippen LogP contribution in [0.3, 0.4) is 0 Å². The molecule has 1 atom stereocenters. The maximum Gasteiger partial charge on any atom is 0.337 e. The second kappa shape index (κ2) is 11.9. The third-order valence-electron chi connectivity index (χ3n) is 6.82. The van der Waals surface area contributed by atoms with Gasteiger partial charge < -0.3 is 19.3 Å². The Hall–Kier alpha value is -4.75. The molecule has 10 nitrogen and oxygen atoms in total. The summed E-state index contributed by atoms with van der Waals surface area (Å²) in [4.78, 5) is 40.3. The van der Waals surface area contributed by atoms with Crippen LogP contribution >= 0.6 is 23.1 Å². The van der Waals surface area contributed by atoms with E-state index in [1.165, 1.54) is 48.0 Å². The second-order valence-electron chi connectivity index (χ2n) is 9.37. The number of ketones is 1. The lowest BCUT2D eigenvalue weighted by molar-refractivity contribution is -0.132. The molecule has 43 heavy (non-hydrogen) atoms. The normalized spacial score (nSPS) is 17.3. The summed E-state index contributed by atoms with van der Waals surface area (Å²) in [5.74, 6) is -2.00. The van der Waals surface area contributed by atoms with E-state index in [4.69, 9.17) is 14.2 Å². The molecule has 1 saturated heterocycles. The summed E-state index contributed by atoms with van der Waals surface area (Å²) in [7, 11) is 1.26. The standard InChI is InChI=1S/C30H22FN3O7S2/c1-39-28(38)17-8-6-16(7-9-17)24-23(25(35)18-10-11-21-22(14-18)41-13-12-40-21)26(36)27(37)34(24)29-32-33-30(43-29)42-15-19-4-2-3-5-20(19)31/h2-11,14,24,35H,12-13,15H2,1H3. The van der Waals surface area contributed by atoms with Gasteiger partial charge in [0.25, 0.3) is 5.78 Å². The van der Waals surface area contributed by atoms with Crippen LogP contribution < -0.4 is 14.4 Å². The molecule has 3 heterocycles. The number of anilines is 1. The van der Waals surface area contributed by atoms with Gasteiger partial charge in [0.15, 0.2) is 15.8 Å². The molecule has 3 aromatic carbocycles. The van der Waals surface area contributed by atoms with Crippen LogP contribution in [-0.4, -0.2) is 53.3 Å². The Morgan fingerprint density at radius 1 is 1.05 bits per heavy atom. The zero-order valence-corrected chi connectivity index (χ0v) is 24.1. The molecule has 6 rings (SSSR count). The molecule has 2 aliphatic rings. The van der Waals surface area contributed by atoms with E-state index in [-0.39, 0.29) is 33.4 Å². The highest BCUT2D eigenvalue weighted by molar-refractivity contribution is 8.00.